The van der Waals surface area contributed by atoms with E-state index in [4.69, 9.17) is 9.84 Å². The van der Waals surface area contributed by atoms with E-state index in [9.17, 15) is 4.39 Å². The van der Waals surface area contributed by atoms with E-state index in [0.717, 1.165) is 19.4 Å². The van der Waals surface area contributed by atoms with Crippen LogP contribution in [0.5, 0.6) is 5.75 Å². The number of hydrogen-bond donors (Lipinski definition) is 2. The Kier molecular flexibility index (Phi) is 6.09. The van der Waals surface area contributed by atoms with Crippen molar-refractivity contribution in [2.75, 3.05) is 13.7 Å². The Morgan fingerprint density at radius 3 is 2.67 bits per heavy atom. The van der Waals surface area contributed by atoms with Crippen LogP contribution in [0.4, 0.5) is 4.39 Å². The molecule has 0 saturated heterocycles. The van der Waals surface area contributed by atoms with Gasteiger partial charge in [0.15, 0.2) is 0 Å². The molecule has 0 bridgehead atoms. The molecule has 2 atom stereocenters. The van der Waals surface area contributed by atoms with Gasteiger partial charge in [-0.1, -0.05) is 6.07 Å². The van der Waals surface area contributed by atoms with E-state index in [2.05, 4.69) is 5.32 Å². The molecule has 0 spiro atoms. The van der Waals surface area contributed by atoms with Gasteiger partial charge >= 0.3 is 0 Å². The third-order valence-corrected chi connectivity index (χ3v) is 2.92. The van der Waals surface area contributed by atoms with Crippen molar-refractivity contribution < 1.29 is 14.2 Å². The minimum Gasteiger partial charge on any atom is -0.497 e. The van der Waals surface area contributed by atoms with Crippen LogP contribution in [0.3, 0.4) is 0 Å². The number of ether oxygens (including phenoxy) is 1. The molecule has 0 aliphatic carbocycles. The lowest BCUT2D eigenvalue weighted by molar-refractivity contribution is 0.181. The van der Waals surface area contributed by atoms with E-state index in [1.54, 1.807) is 19.1 Å². The molecule has 0 aromatic heterocycles. The molecule has 0 saturated carbocycles. The summed E-state index contributed by atoms with van der Waals surface area (Å²) in [5, 5.41) is 12.4. The Balaban J connectivity index is 2.48. The normalized spacial score (nSPS) is 14.3. The summed E-state index contributed by atoms with van der Waals surface area (Å²) in [5.41, 5.74) is 0.632. The number of benzene rings is 1. The summed E-state index contributed by atoms with van der Waals surface area (Å²) in [6, 6.07) is 4.83. The molecule has 1 aromatic rings. The highest BCUT2D eigenvalue weighted by atomic mass is 19.1. The van der Waals surface area contributed by atoms with Crippen LogP contribution in [0, 0.1) is 5.82 Å². The fraction of sp³-hybridized carbons (Fsp3) is 0.571. The fourth-order valence-corrected chi connectivity index (χ4v) is 1.81. The molecule has 0 fully saturated rings. The Hall–Kier alpha value is -1.13. The van der Waals surface area contributed by atoms with Gasteiger partial charge in [0.25, 0.3) is 0 Å². The van der Waals surface area contributed by atoms with E-state index >= 15 is 0 Å². The van der Waals surface area contributed by atoms with E-state index < -0.39 is 0 Å². The molecule has 18 heavy (non-hydrogen) atoms. The Morgan fingerprint density at radius 1 is 1.39 bits per heavy atom. The van der Waals surface area contributed by atoms with Gasteiger partial charge in [-0.2, -0.15) is 0 Å². The minimum atomic E-state index is -0.278. The third-order valence-electron chi connectivity index (χ3n) is 2.92. The van der Waals surface area contributed by atoms with Gasteiger partial charge < -0.3 is 15.2 Å². The number of methoxy groups -OCH3 is 1. The van der Waals surface area contributed by atoms with Gasteiger partial charge in [-0.15, -0.1) is 0 Å². The molecule has 1 rings (SSSR count). The maximum Gasteiger partial charge on any atom is 0.131 e. The van der Waals surface area contributed by atoms with Gasteiger partial charge in [0.2, 0.25) is 0 Å². The number of rotatable bonds is 7. The first-order valence-corrected chi connectivity index (χ1v) is 6.29. The number of nitrogens with one attached hydrogen (secondary N) is 1. The Bertz CT molecular complexity index is 369. The highest BCUT2D eigenvalue weighted by Crippen LogP contribution is 2.21. The molecule has 0 heterocycles. The summed E-state index contributed by atoms with van der Waals surface area (Å²) in [6.07, 6.45) is 1.35. The molecule has 0 aliphatic heterocycles. The third kappa shape index (κ3) is 4.63. The number of hydrogen-bond acceptors (Lipinski definition) is 3. The summed E-state index contributed by atoms with van der Waals surface area (Å²) in [7, 11) is 1.52. The number of halogens is 1. The van der Waals surface area contributed by atoms with Gasteiger partial charge in [-0.05, 0) is 39.3 Å². The van der Waals surface area contributed by atoms with E-state index in [-0.39, 0.29) is 18.0 Å². The van der Waals surface area contributed by atoms with Crippen LogP contribution in [-0.2, 0) is 0 Å². The van der Waals surface area contributed by atoms with Crippen LogP contribution in [0.25, 0.3) is 0 Å². The maximum absolute atomic E-state index is 13.8. The SMILES string of the molecule is COc1ccc(C(C)NCCCC(C)O)c(F)c1. The standard InChI is InChI=1S/C14H22FNO2/c1-10(17)5-4-8-16-11(2)13-7-6-12(18-3)9-14(13)15/h6-7,9-11,16-17H,4-5,8H2,1-3H3. The summed E-state index contributed by atoms with van der Waals surface area (Å²) in [5.74, 6) is 0.266. The van der Waals surface area contributed by atoms with E-state index in [1.807, 2.05) is 6.92 Å². The molecule has 1 aromatic carbocycles. The predicted octanol–water partition coefficient (Wildman–Crippen LogP) is 2.65. The molecular formula is C14H22FNO2. The molecule has 0 radical (unpaired) electrons. The van der Waals surface area contributed by atoms with Gasteiger partial charge in [-0.25, -0.2) is 4.39 Å². The molecule has 0 aliphatic rings. The lowest BCUT2D eigenvalue weighted by Crippen LogP contribution is -2.21. The van der Waals surface area contributed by atoms with Gasteiger partial charge in [0.1, 0.15) is 11.6 Å². The van der Waals surface area contributed by atoms with Crippen LogP contribution in [-0.4, -0.2) is 24.9 Å². The Morgan fingerprint density at radius 2 is 2.11 bits per heavy atom. The van der Waals surface area contributed by atoms with Gasteiger partial charge in [0, 0.05) is 17.7 Å². The first-order valence-electron chi connectivity index (χ1n) is 6.29. The van der Waals surface area contributed by atoms with Crippen LogP contribution < -0.4 is 10.1 Å². The maximum atomic E-state index is 13.8. The molecule has 0 amide bonds. The second-order valence-corrected chi connectivity index (χ2v) is 4.55. The molecule has 2 N–H and O–H groups in total. The van der Waals surface area contributed by atoms with E-state index in [0.29, 0.717) is 11.3 Å². The second-order valence-electron chi connectivity index (χ2n) is 4.55. The smallest absolute Gasteiger partial charge is 0.131 e. The van der Waals surface area contributed by atoms with Crippen molar-refractivity contribution in [3.8, 4) is 5.75 Å². The molecule has 4 heteroatoms. The molecule has 2 unspecified atom stereocenters. The number of aliphatic hydroxyl groups excluding tert-OH is 1. The van der Waals surface area contributed by atoms with Crippen LogP contribution in [0.15, 0.2) is 18.2 Å². The van der Waals surface area contributed by atoms with Crippen molar-refractivity contribution in [1.82, 2.24) is 5.32 Å². The van der Waals surface area contributed by atoms with Crippen molar-refractivity contribution in [3.05, 3.63) is 29.6 Å². The monoisotopic (exact) mass is 255 g/mol. The molecule has 3 nitrogen and oxygen atoms in total. The number of aliphatic hydroxyl groups is 1. The molecule has 102 valence electrons. The highest BCUT2D eigenvalue weighted by Gasteiger charge is 2.11. The minimum absolute atomic E-state index is 0.0510. The van der Waals surface area contributed by atoms with Crippen LogP contribution in [0.1, 0.15) is 38.3 Å². The van der Waals surface area contributed by atoms with Crippen molar-refractivity contribution in [2.24, 2.45) is 0 Å². The lowest BCUT2D eigenvalue weighted by Gasteiger charge is -2.16. The predicted molar refractivity (Wildman–Crippen MR) is 70.3 cm³/mol. The summed E-state index contributed by atoms with van der Waals surface area (Å²) in [6.45, 7) is 4.46. The first-order chi connectivity index (χ1) is 8.54. The summed E-state index contributed by atoms with van der Waals surface area (Å²) < 4.78 is 18.7. The zero-order valence-corrected chi connectivity index (χ0v) is 11.2. The van der Waals surface area contributed by atoms with Gasteiger partial charge in [-0.3, -0.25) is 0 Å². The summed E-state index contributed by atoms with van der Waals surface area (Å²) >= 11 is 0. The zero-order chi connectivity index (χ0) is 13.5. The lowest BCUT2D eigenvalue weighted by atomic mass is 10.1. The first kappa shape index (κ1) is 14.9. The zero-order valence-electron chi connectivity index (χ0n) is 11.2. The second kappa shape index (κ2) is 7.34. The average Bonchev–Trinajstić information content (AvgIpc) is 2.33. The molecular weight excluding hydrogens is 233 g/mol. The van der Waals surface area contributed by atoms with Crippen LogP contribution in [0.2, 0.25) is 0 Å². The largest absolute Gasteiger partial charge is 0.497 e. The van der Waals surface area contributed by atoms with Crippen LogP contribution >= 0.6 is 0 Å². The topological polar surface area (TPSA) is 41.5 Å². The fourth-order valence-electron chi connectivity index (χ4n) is 1.81. The highest BCUT2D eigenvalue weighted by molar-refractivity contribution is 5.30. The average molecular weight is 255 g/mol. The van der Waals surface area contributed by atoms with Crippen molar-refractivity contribution in [2.45, 2.75) is 38.8 Å². The quantitative estimate of drug-likeness (QED) is 0.736. The van der Waals surface area contributed by atoms with Crippen molar-refractivity contribution in [1.29, 1.82) is 0 Å². The summed E-state index contributed by atoms with van der Waals surface area (Å²) in [4.78, 5) is 0. The van der Waals surface area contributed by atoms with Gasteiger partial charge in [0.05, 0.1) is 13.2 Å². The Labute approximate surface area is 108 Å². The van der Waals surface area contributed by atoms with Crippen molar-refractivity contribution in [3.63, 3.8) is 0 Å². The van der Waals surface area contributed by atoms with Crippen molar-refractivity contribution >= 4 is 0 Å². The van der Waals surface area contributed by atoms with E-state index in [1.165, 1.54) is 13.2 Å².